The van der Waals surface area contributed by atoms with Crippen LogP contribution in [0.4, 0.5) is 13.2 Å². The minimum atomic E-state index is -4.34. The second-order valence-electron chi connectivity index (χ2n) is 7.58. The molecule has 4 nitrogen and oxygen atoms in total. The molecule has 1 aromatic carbocycles. The van der Waals surface area contributed by atoms with Crippen molar-refractivity contribution in [3.63, 3.8) is 0 Å². The van der Waals surface area contributed by atoms with Gasteiger partial charge in [0, 0.05) is 30.5 Å². The molecule has 1 aliphatic heterocycles. The number of fused-ring (bicyclic) bond motifs is 1. The highest BCUT2D eigenvalue weighted by Gasteiger charge is 2.59. The molecule has 2 aliphatic rings. The normalized spacial score (nSPS) is 26.6. The number of aliphatic imine (C=N–C) groups is 1. The van der Waals surface area contributed by atoms with E-state index in [1.165, 1.54) is 6.07 Å². The predicted octanol–water partition coefficient (Wildman–Crippen LogP) is 4.19. The van der Waals surface area contributed by atoms with Crippen LogP contribution in [0.2, 0.25) is 0 Å². The summed E-state index contributed by atoms with van der Waals surface area (Å²) in [4.78, 5) is 4.49. The lowest BCUT2D eigenvalue weighted by atomic mass is 9.57. The minimum Gasteiger partial charge on any atom is -0.377 e. The highest BCUT2D eigenvalue weighted by molar-refractivity contribution is 14.0. The van der Waals surface area contributed by atoms with E-state index in [9.17, 15) is 13.2 Å². The van der Waals surface area contributed by atoms with Crippen molar-refractivity contribution < 1.29 is 17.9 Å². The molecule has 152 valence electrons. The molecule has 3 rings (SSSR count). The summed E-state index contributed by atoms with van der Waals surface area (Å²) in [5, 5.41) is 6.66. The SMILES string of the molecule is CCNC(=NCc1cccc(C(F)(F)F)c1)NC1C2CCOC2C1(C)C.I. The van der Waals surface area contributed by atoms with Crippen molar-refractivity contribution in [3.05, 3.63) is 35.4 Å². The average Bonchev–Trinajstić information content (AvgIpc) is 3.04. The molecule has 1 saturated carbocycles. The third kappa shape index (κ3) is 4.70. The summed E-state index contributed by atoms with van der Waals surface area (Å²) in [6.45, 7) is 7.98. The first kappa shape index (κ1) is 22.3. The second kappa shape index (κ2) is 8.55. The van der Waals surface area contributed by atoms with E-state index < -0.39 is 11.7 Å². The van der Waals surface area contributed by atoms with E-state index in [0.29, 0.717) is 24.0 Å². The van der Waals surface area contributed by atoms with E-state index in [1.807, 2.05) is 6.92 Å². The number of rotatable bonds is 4. The van der Waals surface area contributed by atoms with Gasteiger partial charge in [-0.05, 0) is 31.0 Å². The monoisotopic (exact) mass is 497 g/mol. The summed E-state index contributed by atoms with van der Waals surface area (Å²) in [6.07, 6.45) is -3.04. The van der Waals surface area contributed by atoms with E-state index in [1.54, 1.807) is 6.07 Å². The van der Waals surface area contributed by atoms with Crippen molar-refractivity contribution in [1.29, 1.82) is 0 Å². The minimum absolute atomic E-state index is 0. The highest BCUT2D eigenvalue weighted by atomic mass is 127. The summed E-state index contributed by atoms with van der Waals surface area (Å²) in [6, 6.07) is 5.56. The van der Waals surface area contributed by atoms with E-state index in [2.05, 4.69) is 29.5 Å². The van der Waals surface area contributed by atoms with Gasteiger partial charge in [-0.25, -0.2) is 4.99 Å². The molecular weight excluding hydrogens is 470 g/mol. The van der Waals surface area contributed by atoms with Crippen molar-refractivity contribution in [3.8, 4) is 0 Å². The number of nitrogens with one attached hydrogen (secondary N) is 2. The van der Waals surface area contributed by atoms with Crippen LogP contribution in [0.3, 0.4) is 0 Å². The summed E-state index contributed by atoms with van der Waals surface area (Å²) >= 11 is 0. The largest absolute Gasteiger partial charge is 0.416 e. The number of halogens is 4. The number of hydrogen-bond acceptors (Lipinski definition) is 2. The average molecular weight is 497 g/mol. The summed E-state index contributed by atoms with van der Waals surface area (Å²) in [5.41, 5.74) is -0.102. The molecule has 1 aliphatic carbocycles. The molecule has 8 heteroatoms. The quantitative estimate of drug-likeness (QED) is 0.373. The lowest BCUT2D eigenvalue weighted by molar-refractivity contribution is -0.137. The van der Waals surface area contributed by atoms with Gasteiger partial charge in [0.25, 0.3) is 0 Å². The lowest BCUT2D eigenvalue weighted by Crippen LogP contribution is -2.67. The first-order valence-corrected chi connectivity index (χ1v) is 9.06. The molecule has 1 heterocycles. The fourth-order valence-electron chi connectivity index (χ4n) is 4.10. The number of alkyl halides is 3. The van der Waals surface area contributed by atoms with Crippen molar-refractivity contribution in [1.82, 2.24) is 10.6 Å². The van der Waals surface area contributed by atoms with Gasteiger partial charge in [-0.2, -0.15) is 13.2 Å². The topological polar surface area (TPSA) is 45.7 Å². The van der Waals surface area contributed by atoms with Crippen molar-refractivity contribution >= 4 is 29.9 Å². The molecule has 1 saturated heterocycles. The van der Waals surface area contributed by atoms with E-state index in [-0.39, 0.29) is 48.1 Å². The first-order valence-electron chi connectivity index (χ1n) is 9.06. The van der Waals surface area contributed by atoms with Gasteiger partial charge >= 0.3 is 6.18 Å². The van der Waals surface area contributed by atoms with Crippen LogP contribution < -0.4 is 10.6 Å². The van der Waals surface area contributed by atoms with Gasteiger partial charge in [-0.3, -0.25) is 0 Å². The predicted molar refractivity (Wildman–Crippen MR) is 110 cm³/mol. The van der Waals surface area contributed by atoms with Crippen LogP contribution in [0.25, 0.3) is 0 Å². The second-order valence-corrected chi connectivity index (χ2v) is 7.58. The zero-order chi connectivity index (χ0) is 18.9. The van der Waals surface area contributed by atoms with Gasteiger partial charge in [0.15, 0.2) is 5.96 Å². The Kier molecular flexibility index (Phi) is 7.05. The molecule has 0 bridgehead atoms. The molecule has 0 spiro atoms. The molecule has 3 unspecified atom stereocenters. The first-order chi connectivity index (χ1) is 12.2. The third-order valence-electron chi connectivity index (χ3n) is 5.41. The number of benzene rings is 1. The Balaban J connectivity index is 0.00000261. The molecular formula is C19H27F3IN3O. The summed E-state index contributed by atoms with van der Waals surface area (Å²) in [5.74, 6) is 1.09. The maximum absolute atomic E-state index is 12.9. The van der Waals surface area contributed by atoms with E-state index >= 15 is 0 Å². The van der Waals surface area contributed by atoms with Crippen molar-refractivity contribution in [2.45, 2.75) is 52.1 Å². The molecule has 2 fully saturated rings. The standard InChI is InChI=1S/C19H26F3N3O.HI/c1-4-23-17(25-15-14-8-9-26-16(14)18(15,2)3)24-11-12-6-5-7-13(10-12)19(20,21)22;/h5-7,10,14-16H,4,8-9,11H2,1-3H3,(H2,23,24,25);1H. The van der Waals surface area contributed by atoms with Crippen LogP contribution in [0.15, 0.2) is 29.3 Å². The summed E-state index contributed by atoms with van der Waals surface area (Å²) in [7, 11) is 0. The highest BCUT2D eigenvalue weighted by Crippen LogP contribution is 2.52. The van der Waals surface area contributed by atoms with Gasteiger partial charge in [-0.1, -0.05) is 26.0 Å². The van der Waals surface area contributed by atoms with Crippen LogP contribution in [-0.4, -0.2) is 31.3 Å². The van der Waals surface area contributed by atoms with Crippen LogP contribution >= 0.6 is 24.0 Å². The van der Waals surface area contributed by atoms with Gasteiger partial charge in [-0.15, -0.1) is 24.0 Å². The Morgan fingerprint density at radius 3 is 2.74 bits per heavy atom. The van der Waals surface area contributed by atoms with Crippen molar-refractivity contribution in [2.75, 3.05) is 13.2 Å². The molecule has 1 aromatic rings. The van der Waals surface area contributed by atoms with Crippen LogP contribution in [0.1, 0.15) is 38.3 Å². The van der Waals surface area contributed by atoms with Gasteiger partial charge in [0.1, 0.15) is 0 Å². The Morgan fingerprint density at radius 1 is 1.33 bits per heavy atom. The smallest absolute Gasteiger partial charge is 0.377 e. The number of ether oxygens (including phenoxy) is 1. The zero-order valence-corrected chi connectivity index (χ0v) is 18.1. The maximum atomic E-state index is 12.9. The zero-order valence-electron chi connectivity index (χ0n) is 15.8. The Labute approximate surface area is 175 Å². The fourth-order valence-corrected chi connectivity index (χ4v) is 4.10. The van der Waals surface area contributed by atoms with Crippen molar-refractivity contribution in [2.24, 2.45) is 16.3 Å². The lowest BCUT2D eigenvalue weighted by Gasteiger charge is -2.54. The molecule has 0 radical (unpaired) electrons. The molecule has 0 aromatic heterocycles. The molecule has 2 N–H and O–H groups in total. The summed E-state index contributed by atoms with van der Waals surface area (Å²) < 4.78 is 44.4. The third-order valence-corrected chi connectivity index (χ3v) is 5.41. The number of guanidine groups is 1. The Morgan fingerprint density at radius 2 is 2.07 bits per heavy atom. The number of nitrogens with zero attached hydrogens (tertiary/aromatic N) is 1. The van der Waals surface area contributed by atoms with Gasteiger partial charge < -0.3 is 15.4 Å². The van der Waals surface area contributed by atoms with Gasteiger partial charge in [0.05, 0.1) is 18.2 Å². The fraction of sp³-hybridized carbons (Fsp3) is 0.632. The van der Waals surface area contributed by atoms with Crippen LogP contribution in [0.5, 0.6) is 0 Å². The van der Waals surface area contributed by atoms with Crippen LogP contribution in [-0.2, 0) is 17.5 Å². The molecule has 27 heavy (non-hydrogen) atoms. The number of hydrogen-bond donors (Lipinski definition) is 2. The molecule has 0 amide bonds. The van der Waals surface area contributed by atoms with E-state index in [4.69, 9.17) is 4.74 Å². The maximum Gasteiger partial charge on any atom is 0.416 e. The van der Waals surface area contributed by atoms with Gasteiger partial charge in [0.2, 0.25) is 0 Å². The Bertz CT molecular complexity index is 678. The van der Waals surface area contributed by atoms with Crippen LogP contribution in [0, 0.1) is 11.3 Å². The van der Waals surface area contributed by atoms with E-state index in [0.717, 1.165) is 25.2 Å². The Hall–Kier alpha value is -1.03. The molecule has 3 atom stereocenters.